The van der Waals surface area contributed by atoms with E-state index in [1.807, 2.05) is 6.07 Å². The molecule has 1 heterocycles. The van der Waals surface area contributed by atoms with Crippen LogP contribution in [-0.4, -0.2) is 27.4 Å². The van der Waals surface area contributed by atoms with Crippen molar-refractivity contribution in [2.75, 3.05) is 7.11 Å². The Kier molecular flexibility index (Phi) is 3.84. The molecule has 0 fully saturated rings. The third-order valence-electron chi connectivity index (χ3n) is 2.74. The van der Waals surface area contributed by atoms with E-state index < -0.39 is 5.97 Å². The first-order chi connectivity index (χ1) is 9.04. The third kappa shape index (κ3) is 2.60. The molecule has 0 atom stereocenters. The van der Waals surface area contributed by atoms with Crippen LogP contribution in [0, 0.1) is 0 Å². The summed E-state index contributed by atoms with van der Waals surface area (Å²) in [6.07, 6.45) is 1.43. The summed E-state index contributed by atoms with van der Waals surface area (Å²) in [6.45, 7) is 0.249. The molecule has 0 bridgehead atoms. The second kappa shape index (κ2) is 5.40. The molecule has 0 aliphatic carbocycles. The van der Waals surface area contributed by atoms with Gasteiger partial charge in [-0.15, -0.1) is 0 Å². The molecule has 0 unspecified atom stereocenters. The summed E-state index contributed by atoms with van der Waals surface area (Å²) >= 11 is 3.38. The molecule has 1 aromatic heterocycles. The number of esters is 1. The Hall–Kier alpha value is -1.89. The Bertz CT molecular complexity index is 675. The fourth-order valence-electron chi connectivity index (χ4n) is 1.72. The smallest absolute Gasteiger partial charge is 0.345 e. The first-order valence-electron chi connectivity index (χ1n) is 5.48. The molecule has 6 nitrogen and oxygen atoms in total. The zero-order valence-corrected chi connectivity index (χ0v) is 12.0. The molecule has 19 heavy (non-hydrogen) atoms. The number of hydrogen-bond acceptors (Lipinski definition) is 4. The lowest BCUT2D eigenvalue weighted by Gasteiger charge is -2.09. The summed E-state index contributed by atoms with van der Waals surface area (Å²) in [4.78, 5) is 23.5. The second-order valence-corrected chi connectivity index (χ2v) is 4.78. The van der Waals surface area contributed by atoms with Gasteiger partial charge in [-0.25, -0.2) is 14.3 Å². The van der Waals surface area contributed by atoms with E-state index in [9.17, 15) is 9.59 Å². The van der Waals surface area contributed by atoms with Crippen molar-refractivity contribution in [2.24, 2.45) is 7.05 Å². The normalized spacial score (nSPS) is 10.5. The van der Waals surface area contributed by atoms with Gasteiger partial charge in [0, 0.05) is 17.1 Å². The van der Waals surface area contributed by atoms with Gasteiger partial charge in [-0.05, 0) is 12.1 Å². The van der Waals surface area contributed by atoms with E-state index >= 15 is 0 Å². The minimum Gasteiger partial charge on any atom is -0.465 e. The molecular formula is C12H12BrN3O3. The van der Waals surface area contributed by atoms with E-state index in [-0.39, 0.29) is 12.2 Å². The van der Waals surface area contributed by atoms with Gasteiger partial charge in [-0.1, -0.05) is 22.0 Å². The molecule has 0 radical (unpaired) electrons. The van der Waals surface area contributed by atoms with E-state index in [2.05, 4.69) is 21.0 Å². The topological polar surface area (TPSA) is 66.1 Å². The predicted octanol–water partition coefficient (Wildman–Crippen LogP) is 1.18. The van der Waals surface area contributed by atoms with Crippen LogP contribution in [-0.2, 0) is 18.3 Å². The van der Waals surface area contributed by atoms with Crippen molar-refractivity contribution in [3.8, 4) is 0 Å². The van der Waals surface area contributed by atoms with Crippen molar-refractivity contribution in [2.45, 2.75) is 6.54 Å². The van der Waals surface area contributed by atoms with Crippen LogP contribution in [0.5, 0.6) is 0 Å². The Labute approximate surface area is 117 Å². The predicted molar refractivity (Wildman–Crippen MR) is 72.1 cm³/mol. The second-order valence-electron chi connectivity index (χ2n) is 3.92. The zero-order valence-electron chi connectivity index (χ0n) is 10.5. The van der Waals surface area contributed by atoms with Crippen molar-refractivity contribution >= 4 is 21.9 Å². The number of rotatable bonds is 3. The van der Waals surface area contributed by atoms with Crippen LogP contribution in [0.3, 0.4) is 0 Å². The van der Waals surface area contributed by atoms with E-state index in [0.717, 1.165) is 4.47 Å². The fourth-order valence-corrected chi connectivity index (χ4v) is 2.22. The molecule has 0 spiro atoms. The maximum atomic E-state index is 11.8. The van der Waals surface area contributed by atoms with Crippen LogP contribution in [0.1, 0.15) is 15.9 Å². The number of carbonyl (C=O) groups is 1. The number of carbonyl (C=O) groups excluding carboxylic acids is 1. The van der Waals surface area contributed by atoms with Crippen molar-refractivity contribution in [3.63, 3.8) is 0 Å². The van der Waals surface area contributed by atoms with Crippen LogP contribution in [0.25, 0.3) is 0 Å². The highest BCUT2D eigenvalue weighted by Gasteiger charge is 2.15. The molecule has 0 aliphatic heterocycles. The first kappa shape index (κ1) is 13.5. The van der Waals surface area contributed by atoms with Crippen LogP contribution >= 0.6 is 15.9 Å². The Morgan fingerprint density at radius 3 is 2.79 bits per heavy atom. The van der Waals surface area contributed by atoms with Gasteiger partial charge in [0.25, 0.3) is 0 Å². The Morgan fingerprint density at radius 2 is 2.21 bits per heavy atom. The van der Waals surface area contributed by atoms with Crippen LogP contribution in [0.4, 0.5) is 0 Å². The average Bonchev–Trinajstić information content (AvgIpc) is 2.72. The number of aromatic nitrogens is 3. The molecule has 0 saturated heterocycles. The Balaban J connectivity index is 2.47. The number of hydrogen-bond donors (Lipinski definition) is 0. The number of methoxy groups -OCH3 is 1. The van der Waals surface area contributed by atoms with Gasteiger partial charge in [0.1, 0.15) is 6.33 Å². The number of nitrogens with zero attached hydrogens (tertiary/aromatic N) is 3. The van der Waals surface area contributed by atoms with Crippen LogP contribution in [0.15, 0.2) is 33.8 Å². The van der Waals surface area contributed by atoms with E-state index in [4.69, 9.17) is 4.74 Å². The van der Waals surface area contributed by atoms with Crippen molar-refractivity contribution in [3.05, 3.63) is 50.6 Å². The minimum absolute atomic E-state index is 0.244. The summed E-state index contributed by atoms with van der Waals surface area (Å²) in [5, 5.41) is 3.87. The third-order valence-corrected chi connectivity index (χ3v) is 3.48. The van der Waals surface area contributed by atoms with Crippen molar-refractivity contribution in [1.29, 1.82) is 0 Å². The zero-order chi connectivity index (χ0) is 14.0. The van der Waals surface area contributed by atoms with E-state index in [0.29, 0.717) is 11.1 Å². The number of ether oxygens (including phenoxy) is 1. The molecule has 2 aromatic rings. The molecule has 0 N–H and O–H groups in total. The molecular weight excluding hydrogens is 314 g/mol. The molecule has 7 heteroatoms. The lowest BCUT2D eigenvalue weighted by Crippen LogP contribution is -2.23. The Morgan fingerprint density at radius 1 is 1.47 bits per heavy atom. The SMILES string of the molecule is COC(=O)c1cccc(Br)c1Cn1cnn(C)c1=O. The highest BCUT2D eigenvalue weighted by atomic mass is 79.9. The quantitative estimate of drug-likeness (QED) is 0.795. The summed E-state index contributed by atoms with van der Waals surface area (Å²) in [7, 11) is 2.89. The highest BCUT2D eigenvalue weighted by molar-refractivity contribution is 9.10. The average molecular weight is 326 g/mol. The van der Waals surface area contributed by atoms with Gasteiger partial charge in [0.15, 0.2) is 0 Å². The maximum Gasteiger partial charge on any atom is 0.345 e. The monoisotopic (exact) mass is 325 g/mol. The summed E-state index contributed by atoms with van der Waals surface area (Å²) < 4.78 is 8.13. The molecule has 0 saturated carbocycles. The number of benzene rings is 1. The minimum atomic E-state index is -0.437. The molecule has 100 valence electrons. The van der Waals surface area contributed by atoms with Gasteiger partial charge < -0.3 is 4.74 Å². The molecule has 0 amide bonds. The largest absolute Gasteiger partial charge is 0.465 e. The van der Waals surface area contributed by atoms with Gasteiger partial charge in [0.2, 0.25) is 0 Å². The summed E-state index contributed by atoms with van der Waals surface area (Å²) in [5.41, 5.74) is 0.864. The summed E-state index contributed by atoms with van der Waals surface area (Å²) in [6, 6.07) is 5.21. The lowest BCUT2D eigenvalue weighted by molar-refractivity contribution is 0.0599. The highest BCUT2D eigenvalue weighted by Crippen LogP contribution is 2.22. The maximum absolute atomic E-state index is 11.8. The lowest BCUT2D eigenvalue weighted by atomic mass is 10.1. The number of halogens is 1. The first-order valence-corrected chi connectivity index (χ1v) is 6.28. The van der Waals surface area contributed by atoms with Gasteiger partial charge in [-0.2, -0.15) is 5.10 Å². The standard InChI is InChI=1S/C12H12BrN3O3/c1-15-12(18)16(7-14-15)6-9-8(11(17)19-2)4-3-5-10(9)13/h3-5,7H,6H2,1-2H3. The molecule has 1 aromatic carbocycles. The van der Waals surface area contributed by atoms with Crippen molar-refractivity contribution in [1.82, 2.24) is 14.3 Å². The molecule has 2 rings (SSSR count). The van der Waals surface area contributed by atoms with Gasteiger partial charge >= 0.3 is 11.7 Å². The van der Waals surface area contributed by atoms with Crippen LogP contribution in [0.2, 0.25) is 0 Å². The van der Waals surface area contributed by atoms with Gasteiger partial charge in [0.05, 0.1) is 19.2 Å². The van der Waals surface area contributed by atoms with Gasteiger partial charge in [-0.3, -0.25) is 4.57 Å². The summed E-state index contributed by atoms with van der Waals surface area (Å²) in [5.74, 6) is -0.437. The molecule has 0 aliphatic rings. The fraction of sp³-hybridized carbons (Fsp3) is 0.250. The van der Waals surface area contributed by atoms with Crippen molar-refractivity contribution < 1.29 is 9.53 Å². The van der Waals surface area contributed by atoms with Crippen LogP contribution < -0.4 is 5.69 Å². The number of aryl methyl sites for hydroxylation is 1. The van der Waals surface area contributed by atoms with E-state index in [1.54, 1.807) is 19.2 Å². The van der Waals surface area contributed by atoms with E-state index in [1.165, 1.54) is 22.7 Å².